The van der Waals surface area contributed by atoms with E-state index in [1.165, 1.54) is 0 Å². The van der Waals surface area contributed by atoms with Gasteiger partial charge in [-0.3, -0.25) is 0 Å². The summed E-state index contributed by atoms with van der Waals surface area (Å²) >= 11 is 6.45. The summed E-state index contributed by atoms with van der Waals surface area (Å²) in [5, 5.41) is -0.999. The average molecular weight is 342 g/mol. The molecule has 2 heteroatoms. The summed E-state index contributed by atoms with van der Waals surface area (Å²) in [5.41, 5.74) is -1.48. The summed E-state index contributed by atoms with van der Waals surface area (Å²) in [4.78, 5) is 0. The van der Waals surface area contributed by atoms with E-state index in [1.807, 2.05) is 0 Å². The van der Waals surface area contributed by atoms with Crippen LogP contribution < -0.4 is 0 Å². The van der Waals surface area contributed by atoms with Crippen LogP contribution in [0.15, 0.2) is 83.0 Å². The normalized spacial score (nSPS) is 19.1. The topological polar surface area (TPSA) is 13.1 Å². The molecule has 1 nitrogen and oxygen atoms in total. The summed E-state index contributed by atoms with van der Waals surface area (Å²) in [6, 6.07) is -7.85. The van der Waals surface area contributed by atoms with Crippen LogP contribution in [-0.2, 0) is 0 Å². The standard InChI is InChI=1S/C22H13ClO/c23-19-12-16-8-4-5-9-17(16)22-21(19)18-11-10-15(13-20(18)24-22)14-6-2-1-3-7-14/h1-13H/i1D,2D,3D,4D,5D,6D,7D,8D,9D,10D,11D,12D,13D. The molecule has 0 aliphatic rings. The van der Waals surface area contributed by atoms with Crippen molar-refractivity contribution in [3.8, 4) is 11.1 Å². The fraction of sp³-hybridized carbons (Fsp3) is 0. The van der Waals surface area contributed by atoms with Crippen molar-refractivity contribution in [2.24, 2.45) is 0 Å². The quantitative estimate of drug-likeness (QED) is 0.318. The van der Waals surface area contributed by atoms with Gasteiger partial charge in [-0.15, -0.1) is 0 Å². The molecule has 0 aliphatic carbocycles. The van der Waals surface area contributed by atoms with Gasteiger partial charge in [0.1, 0.15) is 11.2 Å². The van der Waals surface area contributed by atoms with Gasteiger partial charge in [-0.2, -0.15) is 0 Å². The van der Waals surface area contributed by atoms with Gasteiger partial charge in [-0.25, -0.2) is 0 Å². The highest BCUT2D eigenvalue weighted by Crippen LogP contribution is 2.40. The molecular formula is C22H13ClO. The minimum Gasteiger partial charge on any atom is -0.455 e. The smallest absolute Gasteiger partial charge is 0.144 e. The summed E-state index contributed by atoms with van der Waals surface area (Å²) in [6.07, 6.45) is 0. The summed E-state index contributed by atoms with van der Waals surface area (Å²) < 4.78 is 113. The lowest BCUT2D eigenvalue weighted by atomic mass is 10.0. The fourth-order valence-electron chi connectivity index (χ4n) is 2.54. The van der Waals surface area contributed by atoms with Crippen molar-refractivity contribution in [3.63, 3.8) is 0 Å². The third-order valence-corrected chi connectivity index (χ3v) is 3.86. The Kier molecular flexibility index (Phi) is 1.27. The van der Waals surface area contributed by atoms with Crippen molar-refractivity contribution in [2.75, 3.05) is 0 Å². The number of hydrogen-bond acceptors (Lipinski definition) is 1. The van der Waals surface area contributed by atoms with Crippen molar-refractivity contribution < 1.29 is 22.2 Å². The number of benzene rings is 4. The summed E-state index contributed by atoms with van der Waals surface area (Å²) in [6.45, 7) is 0. The lowest BCUT2D eigenvalue weighted by molar-refractivity contribution is 0.673. The van der Waals surface area contributed by atoms with Gasteiger partial charge in [0.15, 0.2) is 0 Å². The van der Waals surface area contributed by atoms with Crippen LogP contribution in [0.4, 0.5) is 0 Å². The predicted molar refractivity (Wildman–Crippen MR) is 102 cm³/mol. The molecule has 0 bridgehead atoms. The Morgan fingerprint density at radius 1 is 0.750 bits per heavy atom. The van der Waals surface area contributed by atoms with Crippen molar-refractivity contribution in [1.29, 1.82) is 0 Å². The first kappa shape index (κ1) is 5.94. The lowest BCUT2D eigenvalue weighted by Gasteiger charge is -2.01. The molecule has 114 valence electrons. The monoisotopic (exact) mass is 341 g/mol. The van der Waals surface area contributed by atoms with Crippen LogP contribution >= 0.6 is 11.6 Å². The van der Waals surface area contributed by atoms with Gasteiger partial charge in [0, 0.05) is 16.2 Å². The second-order valence-electron chi connectivity index (χ2n) is 4.95. The van der Waals surface area contributed by atoms with E-state index in [4.69, 9.17) is 33.8 Å². The maximum Gasteiger partial charge on any atom is 0.144 e. The fourth-order valence-corrected chi connectivity index (χ4v) is 2.82. The van der Waals surface area contributed by atoms with Gasteiger partial charge in [0.25, 0.3) is 0 Å². The molecule has 1 aromatic heterocycles. The molecule has 0 fully saturated rings. The Hall–Kier alpha value is -2.77. The molecule has 5 aromatic rings. The van der Waals surface area contributed by atoms with E-state index < -0.39 is 89.7 Å². The van der Waals surface area contributed by atoms with Crippen LogP contribution in [0.25, 0.3) is 43.8 Å². The highest BCUT2D eigenvalue weighted by molar-refractivity contribution is 6.39. The van der Waals surface area contributed by atoms with Crippen molar-refractivity contribution >= 4 is 44.3 Å². The van der Waals surface area contributed by atoms with Crippen molar-refractivity contribution in [3.05, 3.63) is 83.6 Å². The first-order valence-electron chi connectivity index (χ1n) is 13.3. The van der Waals surface area contributed by atoms with Crippen LogP contribution in [0.3, 0.4) is 0 Å². The Balaban J connectivity index is 2.07. The molecular weight excluding hydrogens is 316 g/mol. The Morgan fingerprint density at radius 3 is 2.42 bits per heavy atom. The molecule has 1 heterocycles. The van der Waals surface area contributed by atoms with Gasteiger partial charge >= 0.3 is 0 Å². The SMILES string of the molecule is [2H]c1c([2H])c([2H])c(-c2c([2H])c([2H])c3c(oc4c5c([2H])c([2H])c([2H])c([2H])c5c([2H])c(Cl)c43)c2[2H])c([2H])c1[2H]. The number of rotatable bonds is 1. The van der Waals surface area contributed by atoms with E-state index in [2.05, 4.69) is 0 Å². The number of halogens is 1. The molecule has 0 atom stereocenters. The van der Waals surface area contributed by atoms with Crippen molar-refractivity contribution in [1.82, 2.24) is 0 Å². The first-order valence-corrected chi connectivity index (χ1v) is 7.23. The number of fused-ring (bicyclic) bond motifs is 5. The van der Waals surface area contributed by atoms with E-state index in [-0.39, 0.29) is 37.7 Å². The summed E-state index contributed by atoms with van der Waals surface area (Å²) in [7, 11) is 0. The molecule has 0 N–H and O–H groups in total. The van der Waals surface area contributed by atoms with Crippen LogP contribution in [0.2, 0.25) is 5.02 Å². The molecule has 0 unspecified atom stereocenters. The van der Waals surface area contributed by atoms with E-state index in [1.54, 1.807) is 0 Å². The van der Waals surface area contributed by atoms with Crippen molar-refractivity contribution in [2.45, 2.75) is 0 Å². The molecule has 0 saturated carbocycles. The zero-order valence-corrected chi connectivity index (χ0v) is 12.5. The second kappa shape index (κ2) is 5.12. The third kappa shape index (κ3) is 1.95. The predicted octanol–water partition coefficient (Wildman–Crippen LogP) is 7.06. The van der Waals surface area contributed by atoms with Crippen LogP contribution in [0.1, 0.15) is 17.8 Å². The van der Waals surface area contributed by atoms with Gasteiger partial charge in [0.05, 0.1) is 22.8 Å². The Morgan fingerprint density at radius 2 is 1.54 bits per heavy atom. The molecule has 4 aromatic carbocycles. The van der Waals surface area contributed by atoms with Crippen LogP contribution in [0.5, 0.6) is 0 Å². The molecule has 0 spiro atoms. The minimum absolute atomic E-state index is 0.0983. The molecule has 5 rings (SSSR count). The summed E-state index contributed by atoms with van der Waals surface area (Å²) in [5.74, 6) is 0. The maximum absolute atomic E-state index is 8.77. The van der Waals surface area contributed by atoms with Gasteiger partial charge in [-0.05, 0) is 34.6 Å². The lowest BCUT2D eigenvalue weighted by Crippen LogP contribution is -1.77. The zero-order chi connectivity index (χ0) is 27.4. The highest BCUT2D eigenvalue weighted by Gasteiger charge is 2.14. The molecule has 0 radical (unpaired) electrons. The number of hydrogen-bond donors (Lipinski definition) is 0. The van der Waals surface area contributed by atoms with Gasteiger partial charge in [0.2, 0.25) is 0 Å². The number of furan rings is 1. The van der Waals surface area contributed by atoms with E-state index in [9.17, 15) is 0 Å². The van der Waals surface area contributed by atoms with Crippen LogP contribution in [0, 0.1) is 0 Å². The Labute approximate surface area is 162 Å². The van der Waals surface area contributed by atoms with E-state index >= 15 is 0 Å². The third-order valence-electron chi connectivity index (χ3n) is 3.58. The van der Waals surface area contributed by atoms with Gasteiger partial charge in [-0.1, -0.05) is 72.0 Å². The molecule has 0 saturated heterocycles. The van der Waals surface area contributed by atoms with E-state index in [0.29, 0.717) is 0 Å². The molecule has 24 heavy (non-hydrogen) atoms. The zero-order valence-electron chi connectivity index (χ0n) is 24.8. The molecule has 0 aliphatic heterocycles. The average Bonchev–Trinajstić information content (AvgIpc) is 3.27. The first-order chi connectivity index (χ1) is 17.2. The largest absolute Gasteiger partial charge is 0.455 e. The second-order valence-corrected chi connectivity index (χ2v) is 5.33. The maximum atomic E-state index is 8.77. The van der Waals surface area contributed by atoms with Crippen LogP contribution in [-0.4, -0.2) is 0 Å². The highest BCUT2D eigenvalue weighted by atomic mass is 35.5. The van der Waals surface area contributed by atoms with Gasteiger partial charge < -0.3 is 4.42 Å². The minimum atomic E-state index is -0.685. The molecule has 0 amide bonds. The van der Waals surface area contributed by atoms with E-state index in [0.717, 1.165) is 0 Å². The Bertz CT molecular complexity index is 1850.